The molecule has 0 aliphatic carbocycles. The topological polar surface area (TPSA) is 61.0 Å². The molecule has 2 N–H and O–H groups in total. The monoisotopic (exact) mass is 249 g/mol. The van der Waals surface area contributed by atoms with Gasteiger partial charge in [0.25, 0.3) is 0 Å². The fourth-order valence-electron chi connectivity index (χ4n) is 1.60. The Morgan fingerprint density at radius 3 is 2.59 bits per heavy atom. The maximum atomic E-state index is 6.12. The highest BCUT2D eigenvalue weighted by atomic mass is 35.5. The number of nitrogen functional groups attached to an aromatic ring is 1. The number of nitrogens with two attached hydrogens (primary N) is 1. The van der Waals surface area contributed by atoms with E-state index < -0.39 is 0 Å². The summed E-state index contributed by atoms with van der Waals surface area (Å²) in [6.07, 6.45) is 3.26. The molecule has 0 fully saturated rings. The maximum Gasteiger partial charge on any atom is 0.213 e. The molecule has 0 unspecified atom stereocenters. The maximum absolute atomic E-state index is 6.12. The van der Waals surface area contributed by atoms with Gasteiger partial charge in [-0.15, -0.1) is 0 Å². The first-order chi connectivity index (χ1) is 8.11. The summed E-state index contributed by atoms with van der Waals surface area (Å²) in [6, 6.07) is 3.58. The Morgan fingerprint density at radius 1 is 1.18 bits per heavy atom. The predicted octanol–water partition coefficient (Wildman–Crippen LogP) is 2.70. The Hall–Kier alpha value is -1.81. The van der Waals surface area contributed by atoms with Gasteiger partial charge in [-0.25, -0.2) is 9.97 Å². The van der Waals surface area contributed by atoms with Gasteiger partial charge < -0.3 is 10.5 Å². The molecule has 17 heavy (non-hydrogen) atoms. The summed E-state index contributed by atoms with van der Waals surface area (Å²) in [7, 11) is 1.56. The van der Waals surface area contributed by atoms with E-state index in [9.17, 15) is 0 Å². The van der Waals surface area contributed by atoms with Gasteiger partial charge in [0.2, 0.25) is 5.88 Å². The van der Waals surface area contributed by atoms with Crippen LogP contribution in [0.3, 0.4) is 0 Å². The van der Waals surface area contributed by atoms with E-state index in [0.717, 1.165) is 16.7 Å². The Bertz CT molecular complexity index is 557. The molecule has 0 radical (unpaired) electrons. The van der Waals surface area contributed by atoms with E-state index in [1.807, 2.05) is 6.92 Å². The van der Waals surface area contributed by atoms with Crippen molar-refractivity contribution in [1.82, 2.24) is 9.97 Å². The molecule has 5 heteroatoms. The Morgan fingerprint density at radius 2 is 1.94 bits per heavy atom. The smallest absolute Gasteiger partial charge is 0.213 e. The van der Waals surface area contributed by atoms with Gasteiger partial charge in [-0.05, 0) is 18.6 Å². The van der Waals surface area contributed by atoms with E-state index in [-0.39, 0.29) is 0 Å². The standard InChI is InChI=1S/C12H12ClN3O/c1-7-3-11(14)15-5-9(7)8-4-12(17-2)16-6-10(8)13/h3-6H,1-2H3,(H2,14,15). The third kappa shape index (κ3) is 2.31. The zero-order valence-corrected chi connectivity index (χ0v) is 10.3. The van der Waals surface area contributed by atoms with Crippen molar-refractivity contribution >= 4 is 17.4 Å². The molecule has 4 nitrogen and oxygen atoms in total. The van der Waals surface area contributed by atoms with Gasteiger partial charge >= 0.3 is 0 Å². The Kier molecular flexibility index (Phi) is 3.15. The van der Waals surface area contributed by atoms with Crippen molar-refractivity contribution in [2.75, 3.05) is 12.8 Å². The average molecular weight is 250 g/mol. The largest absolute Gasteiger partial charge is 0.481 e. The zero-order valence-electron chi connectivity index (χ0n) is 9.57. The highest BCUT2D eigenvalue weighted by molar-refractivity contribution is 6.33. The summed E-state index contributed by atoms with van der Waals surface area (Å²) in [4.78, 5) is 8.10. The van der Waals surface area contributed by atoms with E-state index >= 15 is 0 Å². The molecule has 0 atom stereocenters. The normalized spacial score (nSPS) is 10.3. The lowest BCUT2D eigenvalue weighted by Crippen LogP contribution is -1.94. The Labute approximate surface area is 104 Å². The van der Waals surface area contributed by atoms with Gasteiger partial charge in [0.15, 0.2) is 0 Å². The van der Waals surface area contributed by atoms with Crippen LogP contribution in [0.1, 0.15) is 5.56 Å². The first kappa shape index (κ1) is 11.7. The third-order valence-corrected chi connectivity index (χ3v) is 2.76. The van der Waals surface area contributed by atoms with Crippen molar-refractivity contribution in [3.63, 3.8) is 0 Å². The molecule has 0 saturated heterocycles. The summed E-state index contributed by atoms with van der Waals surface area (Å²) in [5.41, 5.74) is 8.38. The number of anilines is 1. The van der Waals surface area contributed by atoms with Gasteiger partial charge in [-0.2, -0.15) is 0 Å². The van der Waals surface area contributed by atoms with Crippen LogP contribution in [0.25, 0.3) is 11.1 Å². The van der Waals surface area contributed by atoms with Gasteiger partial charge in [0.05, 0.1) is 18.3 Å². The molecular formula is C12H12ClN3O. The second kappa shape index (κ2) is 4.59. The number of aryl methyl sites for hydroxylation is 1. The first-order valence-corrected chi connectivity index (χ1v) is 5.41. The second-order valence-corrected chi connectivity index (χ2v) is 4.04. The molecule has 2 aromatic heterocycles. The van der Waals surface area contributed by atoms with E-state index in [4.69, 9.17) is 22.1 Å². The number of ether oxygens (including phenoxy) is 1. The first-order valence-electron chi connectivity index (χ1n) is 5.04. The molecule has 2 heterocycles. The van der Waals surface area contributed by atoms with Crippen molar-refractivity contribution in [2.24, 2.45) is 0 Å². The molecule has 2 rings (SSSR count). The van der Waals surface area contributed by atoms with Crippen LogP contribution < -0.4 is 10.5 Å². The molecule has 88 valence electrons. The van der Waals surface area contributed by atoms with Crippen LogP contribution in [-0.2, 0) is 0 Å². The number of nitrogens with zero attached hydrogens (tertiary/aromatic N) is 2. The van der Waals surface area contributed by atoms with Crippen LogP contribution in [0.5, 0.6) is 5.88 Å². The minimum absolute atomic E-state index is 0.489. The lowest BCUT2D eigenvalue weighted by atomic mass is 10.0. The van der Waals surface area contributed by atoms with Crippen LogP contribution in [0.4, 0.5) is 5.82 Å². The van der Waals surface area contributed by atoms with Crippen molar-refractivity contribution in [2.45, 2.75) is 6.92 Å². The fraction of sp³-hybridized carbons (Fsp3) is 0.167. The van der Waals surface area contributed by atoms with Crippen molar-refractivity contribution in [1.29, 1.82) is 0 Å². The summed E-state index contributed by atoms with van der Waals surface area (Å²) < 4.78 is 5.08. The SMILES string of the molecule is COc1cc(-c2cnc(N)cc2C)c(Cl)cn1. The van der Waals surface area contributed by atoms with E-state index in [1.54, 1.807) is 31.6 Å². The average Bonchev–Trinajstić information content (AvgIpc) is 2.30. The number of hydrogen-bond donors (Lipinski definition) is 1. The number of halogens is 1. The summed E-state index contributed by atoms with van der Waals surface area (Å²) in [5.74, 6) is 1.00. The van der Waals surface area contributed by atoms with Gasteiger partial charge in [-0.1, -0.05) is 11.6 Å². The lowest BCUT2D eigenvalue weighted by molar-refractivity contribution is 0.398. The van der Waals surface area contributed by atoms with Crippen LogP contribution in [0.15, 0.2) is 24.5 Å². The molecule has 0 amide bonds. The van der Waals surface area contributed by atoms with Crippen molar-refractivity contribution in [3.05, 3.63) is 35.1 Å². The van der Waals surface area contributed by atoms with Crippen LogP contribution in [0, 0.1) is 6.92 Å². The Balaban J connectivity index is 2.59. The predicted molar refractivity (Wildman–Crippen MR) is 68.2 cm³/mol. The summed E-state index contributed by atoms with van der Waals surface area (Å²) in [6.45, 7) is 1.95. The van der Waals surface area contributed by atoms with Crippen LogP contribution in [0.2, 0.25) is 5.02 Å². The summed E-state index contributed by atoms with van der Waals surface area (Å²) in [5, 5.41) is 0.556. The van der Waals surface area contributed by atoms with Gasteiger partial charge in [0.1, 0.15) is 5.82 Å². The quantitative estimate of drug-likeness (QED) is 0.889. The number of hydrogen-bond acceptors (Lipinski definition) is 4. The van der Waals surface area contributed by atoms with Gasteiger partial charge in [0, 0.05) is 23.4 Å². The highest BCUT2D eigenvalue weighted by Gasteiger charge is 2.09. The van der Waals surface area contributed by atoms with Crippen LogP contribution in [-0.4, -0.2) is 17.1 Å². The molecule has 0 aliphatic heterocycles. The number of rotatable bonds is 2. The number of methoxy groups -OCH3 is 1. The molecule has 0 spiro atoms. The third-order valence-electron chi connectivity index (χ3n) is 2.46. The molecule has 0 bridgehead atoms. The second-order valence-electron chi connectivity index (χ2n) is 3.63. The molecule has 0 aliphatic rings. The van der Waals surface area contributed by atoms with Crippen molar-refractivity contribution in [3.8, 4) is 17.0 Å². The summed E-state index contributed by atoms with van der Waals surface area (Å²) >= 11 is 6.12. The van der Waals surface area contributed by atoms with Gasteiger partial charge in [-0.3, -0.25) is 0 Å². The highest BCUT2D eigenvalue weighted by Crippen LogP contribution is 2.31. The lowest BCUT2D eigenvalue weighted by Gasteiger charge is -2.09. The molecule has 0 aromatic carbocycles. The number of aromatic nitrogens is 2. The molecule has 0 saturated carbocycles. The zero-order chi connectivity index (χ0) is 12.4. The minimum atomic E-state index is 0.489. The van der Waals surface area contributed by atoms with E-state index in [0.29, 0.717) is 16.7 Å². The van der Waals surface area contributed by atoms with E-state index in [1.165, 1.54) is 0 Å². The van der Waals surface area contributed by atoms with Crippen LogP contribution >= 0.6 is 11.6 Å². The minimum Gasteiger partial charge on any atom is -0.481 e. The molecular weight excluding hydrogens is 238 g/mol. The number of pyridine rings is 2. The van der Waals surface area contributed by atoms with E-state index in [2.05, 4.69) is 9.97 Å². The fourth-order valence-corrected chi connectivity index (χ4v) is 1.80. The molecule has 2 aromatic rings. The van der Waals surface area contributed by atoms with Crippen molar-refractivity contribution < 1.29 is 4.74 Å².